The molecule has 0 amide bonds. The molecule has 4 heteroatoms. The number of aliphatic carboxylic acids is 1. The number of carboxylic acid groups (broad SMARTS) is 1. The van der Waals surface area contributed by atoms with Gasteiger partial charge in [0.2, 0.25) is 0 Å². The molecule has 2 rings (SSSR count). The average Bonchev–Trinajstić information content (AvgIpc) is 2.17. The van der Waals surface area contributed by atoms with Crippen LogP contribution in [0.5, 0.6) is 0 Å². The number of aromatic nitrogens is 1. The maximum atomic E-state index is 10.7. The first kappa shape index (κ1) is 10.1. The van der Waals surface area contributed by atoms with Crippen molar-refractivity contribution in [1.82, 2.24) is 4.98 Å². The van der Waals surface area contributed by atoms with Crippen LogP contribution in [-0.4, -0.2) is 21.2 Å². The number of fused-ring (bicyclic) bond motifs is 1. The lowest BCUT2D eigenvalue weighted by atomic mass is 9.78. The van der Waals surface area contributed by atoms with Gasteiger partial charge < -0.3 is 10.2 Å². The molecule has 0 aromatic carbocycles. The number of pyridine rings is 1. The molecule has 1 aliphatic rings. The Kier molecular flexibility index (Phi) is 2.44. The Bertz CT molecular complexity index is 391. The Morgan fingerprint density at radius 2 is 2.40 bits per heavy atom. The van der Waals surface area contributed by atoms with Crippen molar-refractivity contribution in [3.8, 4) is 0 Å². The first-order chi connectivity index (χ1) is 7.12. The molecule has 1 heterocycles. The molecule has 0 radical (unpaired) electrons. The lowest BCUT2D eigenvalue weighted by Crippen LogP contribution is -2.33. The van der Waals surface area contributed by atoms with Crippen LogP contribution in [0, 0.1) is 0 Å². The third-order valence-electron chi connectivity index (χ3n) is 2.89. The first-order valence-corrected chi connectivity index (χ1v) is 4.99. The molecule has 0 bridgehead atoms. The van der Waals surface area contributed by atoms with Gasteiger partial charge in [-0.05, 0) is 36.5 Å². The van der Waals surface area contributed by atoms with Gasteiger partial charge in [-0.25, -0.2) is 0 Å². The van der Waals surface area contributed by atoms with E-state index in [9.17, 15) is 9.90 Å². The molecule has 1 unspecified atom stereocenters. The number of aryl methyl sites for hydroxylation is 1. The summed E-state index contributed by atoms with van der Waals surface area (Å²) in [6, 6.07) is 1.72. The fraction of sp³-hybridized carbons (Fsp3) is 0.455. The molecule has 0 fully saturated rings. The van der Waals surface area contributed by atoms with Crippen molar-refractivity contribution in [3.63, 3.8) is 0 Å². The van der Waals surface area contributed by atoms with Gasteiger partial charge in [-0.3, -0.25) is 9.78 Å². The first-order valence-electron chi connectivity index (χ1n) is 4.99. The van der Waals surface area contributed by atoms with E-state index in [-0.39, 0.29) is 6.42 Å². The summed E-state index contributed by atoms with van der Waals surface area (Å²) >= 11 is 0. The van der Waals surface area contributed by atoms with Crippen molar-refractivity contribution in [3.05, 3.63) is 29.6 Å². The van der Waals surface area contributed by atoms with Crippen molar-refractivity contribution in [1.29, 1.82) is 0 Å². The molecular formula is C11H13NO3. The number of nitrogens with zero attached hydrogens (tertiary/aromatic N) is 1. The maximum Gasteiger partial charge on any atom is 0.306 e. The zero-order valence-electron chi connectivity index (χ0n) is 8.31. The topological polar surface area (TPSA) is 70.4 Å². The standard InChI is InChI=1S/C11H13NO3/c13-10(14)6-11(15)4-1-2-8-7-12-5-3-9(8)11/h3,5,7,15H,1-2,4,6H2,(H,13,14). The third kappa shape index (κ3) is 1.85. The quantitative estimate of drug-likeness (QED) is 0.761. The zero-order chi connectivity index (χ0) is 10.9. The average molecular weight is 207 g/mol. The second-order valence-corrected chi connectivity index (χ2v) is 3.99. The van der Waals surface area contributed by atoms with Crippen LogP contribution in [0.4, 0.5) is 0 Å². The minimum atomic E-state index is -1.21. The Morgan fingerprint density at radius 3 is 3.13 bits per heavy atom. The second-order valence-electron chi connectivity index (χ2n) is 3.99. The Morgan fingerprint density at radius 1 is 1.60 bits per heavy atom. The zero-order valence-corrected chi connectivity index (χ0v) is 8.31. The van der Waals surface area contributed by atoms with E-state index in [0.717, 1.165) is 24.0 Å². The number of aliphatic hydroxyl groups is 1. The van der Waals surface area contributed by atoms with Gasteiger partial charge in [0.15, 0.2) is 0 Å². The van der Waals surface area contributed by atoms with Gasteiger partial charge in [-0.1, -0.05) is 0 Å². The highest BCUT2D eigenvalue weighted by molar-refractivity contribution is 5.68. The van der Waals surface area contributed by atoms with E-state index in [1.165, 1.54) is 0 Å². The molecule has 1 aromatic heterocycles. The molecule has 15 heavy (non-hydrogen) atoms. The van der Waals surface area contributed by atoms with Crippen LogP contribution >= 0.6 is 0 Å². The fourth-order valence-corrected chi connectivity index (χ4v) is 2.22. The van der Waals surface area contributed by atoms with Gasteiger partial charge in [-0.2, -0.15) is 0 Å². The smallest absolute Gasteiger partial charge is 0.306 e. The van der Waals surface area contributed by atoms with Gasteiger partial charge in [-0.15, -0.1) is 0 Å². The van der Waals surface area contributed by atoms with E-state index in [1.54, 1.807) is 18.5 Å². The summed E-state index contributed by atoms with van der Waals surface area (Å²) in [6.45, 7) is 0. The monoisotopic (exact) mass is 207 g/mol. The van der Waals surface area contributed by atoms with Crippen molar-refractivity contribution < 1.29 is 15.0 Å². The van der Waals surface area contributed by atoms with Gasteiger partial charge in [0.25, 0.3) is 0 Å². The van der Waals surface area contributed by atoms with Gasteiger partial charge in [0, 0.05) is 12.4 Å². The molecule has 2 N–H and O–H groups in total. The summed E-state index contributed by atoms with van der Waals surface area (Å²) in [4.78, 5) is 14.7. The minimum Gasteiger partial charge on any atom is -0.481 e. The Balaban J connectivity index is 2.40. The number of carboxylic acids is 1. The fourth-order valence-electron chi connectivity index (χ4n) is 2.22. The van der Waals surface area contributed by atoms with Crippen LogP contribution in [0.25, 0.3) is 0 Å². The van der Waals surface area contributed by atoms with Crippen LogP contribution in [0.3, 0.4) is 0 Å². The summed E-state index contributed by atoms with van der Waals surface area (Å²) in [5.41, 5.74) is 0.487. The number of rotatable bonds is 2. The number of carbonyl (C=O) groups is 1. The maximum absolute atomic E-state index is 10.7. The van der Waals surface area contributed by atoms with Crippen molar-refractivity contribution >= 4 is 5.97 Å². The molecule has 0 saturated carbocycles. The van der Waals surface area contributed by atoms with Crippen LogP contribution in [0.1, 0.15) is 30.4 Å². The second kappa shape index (κ2) is 3.62. The molecular weight excluding hydrogens is 194 g/mol. The molecule has 1 aliphatic carbocycles. The molecule has 4 nitrogen and oxygen atoms in total. The van der Waals surface area contributed by atoms with Crippen LogP contribution in [0.2, 0.25) is 0 Å². The normalized spacial score (nSPS) is 24.6. The predicted octanol–water partition coefficient (Wildman–Crippen LogP) is 1.08. The predicted molar refractivity (Wildman–Crippen MR) is 53.3 cm³/mol. The molecule has 0 spiro atoms. The molecule has 1 aromatic rings. The largest absolute Gasteiger partial charge is 0.481 e. The van der Waals surface area contributed by atoms with Gasteiger partial charge >= 0.3 is 5.97 Å². The van der Waals surface area contributed by atoms with Gasteiger partial charge in [0.1, 0.15) is 5.60 Å². The van der Waals surface area contributed by atoms with E-state index in [0.29, 0.717) is 6.42 Å². The molecule has 1 atom stereocenters. The van der Waals surface area contributed by atoms with Gasteiger partial charge in [0.05, 0.1) is 6.42 Å². The molecule has 80 valence electrons. The molecule has 0 aliphatic heterocycles. The van der Waals surface area contributed by atoms with Crippen molar-refractivity contribution in [2.75, 3.05) is 0 Å². The Labute approximate surface area is 87.6 Å². The highest BCUT2D eigenvalue weighted by Gasteiger charge is 2.36. The van der Waals surface area contributed by atoms with Crippen LogP contribution in [0.15, 0.2) is 18.5 Å². The van der Waals surface area contributed by atoms with Crippen LogP contribution < -0.4 is 0 Å². The van der Waals surface area contributed by atoms with E-state index in [2.05, 4.69) is 4.98 Å². The minimum absolute atomic E-state index is 0.232. The van der Waals surface area contributed by atoms with E-state index >= 15 is 0 Å². The molecule has 0 saturated heterocycles. The van der Waals surface area contributed by atoms with E-state index in [1.807, 2.05) is 0 Å². The van der Waals surface area contributed by atoms with Crippen molar-refractivity contribution in [2.24, 2.45) is 0 Å². The van der Waals surface area contributed by atoms with E-state index < -0.39 is 11.6 Å². The highest BCUT2D eigenvalue weighted by Crippen LogP contribution is 2.37. The summed E-state index contributed by atoms with van der Waals surface area (Å²) in [5, 5.41) is 19.1. The summed E-state index contributed by atoms with van der Waals surface area (Å²) in [5.74, 6) is -0.970. The summed E-state index contributed by atoms with van der Waals surface area (Å²) < 4.78 is 0. The van der Waals surface area contributed by atoms with Crippen molar-refractivity contribution in [2.45, 2.75) is 31.3 Å². The highest BCUT2D eigenvalue weighted by atomic mass is 16.4. The number of hydrogen-bond acceptors (Lipinski definition) is 3. The summed E-state index contributed by atoms with van der Waals surface area (Å²) in [6.07, 6.45) is 5.26. The summed E-state index contributed by atoms with van der Waals surface area (Å²) in [7, 11) is 0. The Hall–Kier alpha value is -1.42. The number of hydrogen-bond donors (Lipinski definition) is 2. The lowest BCUT2D eigenvalue weighted by molar-refractivity contribution is -0.143. The van der Waals surface area contributed by atoms with Crippen LogP contribution in [-0.2, 0) is 16.8 Å². The lowest BCUT2D eigenvalue weighted by Gasteiger charge is -2.32. The van der Waals surface area contributed by atoms with E-state index in [4.69, 9.17) is 5.11 Å². The third-order valence-corrected chi connectivity index (χ3v) is 2.89. The SMILES string of the molecule is O=C(O)CC1(O)CCCc2cnccc21.